The first-order valence-corrected chi connectivity index (χ1v) is 10.3. The van der Waals surface area contributed by atoms with E-state index in [1.807, 2.05) is 24.3 Å². The van der Waals surface area contributed by atoms with Crippen LogP contribution in [0, 0.1) is 5.92 Å². The number of piperidine rings is 1. The summed E-state index contributed by atoms with van der Waals surface area (Å²) in [4.78, 5) is 37.6. The molecule has 2 amide bonds. The average molecular weight is 444 g/mol. The number of anilines is 3. The minimum absolute atomic E-state index is 0.0463. The number of nitrogens with one attached hydrogen (secondary N) is 1. The van der Waals surface area contributed by atoms with E-state index in [0.29, 0.717) is 18.2 Å². The summed E-state index contributed by atoms with van der Waals surface area (Å²) in [5.41, 5.74) is 1.35. The predicted octanol–water partition coefficient (Wildman–Crippen LogP) is 3.22. The first kappa shape index (κ1) is 18.9. The lowest BCUT2D eigenvalue weighted by Gasteiger charge is -2.26. The third kappa shape index (κ3) is 4.16. The van der Waals surface area contributed by atoms with Gasteiger partial charge in [0.2, 0.25) is 17.8 Å². The van der Waals surface area contributed by atoms with E-state index in [4.69, 9.17) is 0 Å². The highest BCUT2D eigenvalue weighted by Gasteiger charge is 2.35. The molecule has 3 heterocycles. The molecular weight excluding hydrogens is 422 g/mol. The highest BCUT2D eigenvalue weighted by Crippen LogP contribution is 2.28. The van der Waals surface area contributed by atoms with Crippen LogP contribution in [-0.4, -0.2) is 41.4 Å². The molecule has 0 bridgehead atoms. The molecule has 2 aliphatic heterocycles. The van der Waals surface area contributed by atoms with Gasteiger partial charge in [0.25, 0.3) is 0 Å². The van der Waals surface area contributed by atoms with Crippen molar-refractivity contribution < 1.29 is 9.59 Å². The number of halogens is 1. The lowest BCUT2D eigenvalue weighted by molar-refractivity contribution is -0.122. The van der Waals surface area contributed by atoms with Gasteiger partial charge >= 0.3 is 0 Å². The molecule has 0 saturated carbocycles. The van der Waals surface area contributed by atoms with E-state index >= 15 is 0 Å². The van der Waals surface area contributed by atoms with Crippen molar-refractivity contribution in [2.75, 3.05) is 34.8 Å². The van der Waals surface area contributed by atoms with Crippen LogP contribution in [-0.2, 0) is 9.59 Å². The number of hydrogen-bond acceptors (Lipinski definition) is 5. The van der Waals surface area contributed by atoms with Crippen LogP contribution in [0.1, 0.15) is 25.7 Å². The molecule has 4 rings (SSSR count). The summed E-state index contributed by atoms with van der Waals surface area (Å²) in [5.74, 6) is 0.0814. The normalized spacial score (nSPS) is 19.8. The fourth-order valence-corrected chi connectivity index (χ4v) is 4.05. The standard InChI is InChI=1S/C20H22BrN5O2/c21-15-5-4-6-17(10-15)26-13-14(9-18(26)27)19(28)24-16-11-22-20(23-12-16)25-7-2-1-3-8-25/h4-6,10-12,14H,1-3,7-9,13H2,(H,24,28). The summed E-state index contributed by atoms with van der Waals surface area (Å²) in [6, 6.07) is 7.53. The minimum Gasteiger partial charge on any atom is -0.341 e. The number of carbonyl (C=O) groups is 2. The Morgan fingerprint density at radius 1 is 1.14 bits per heavy atom. The molecule has 146 valence electrons. The number of hydrogen-bond donors (Lipinski definition) is 1. The first-order valence-electron chi connectivity index (χ1n) is 9.54. The van der Waals surface area contributed by atoms with Crippen LogP contribution in [0.4, 0.5) is 17.3 Å². The Labute approximate surface area is 172 Å². The van der Waals surface area contributed by atoms with Gasteiger partial charge in [-0.05, 0) is 37.5 Å². The molecule has 2 fully saturated rings. The molecule has 2 saturated heterocycles. The Bertz CT molecular complexity index is 867. The molecule has 1 aromatic heterocycles. The molecule has 1 N–H and O–H groups in total. The third-order valence-corrected chi connectivity index (χ3v) is 5.65. The van der Waals surface area contributed by atoms with Crippen LogP contribution in [0.5, 0.6) is 0 Å². The third-order valence-electron chi connectivity index (χ3n) is 5.16. The van der Waals surface area contributed by atoms with Crippen molar-refractivity contribution in [1.82, 2.24) is 9.97 Å². The lowest BCUT2D eigenvalue weighted by Crippen LogP contribution is -2.31. The van der Waals surface area contributed by atoms with Crippen molar-refractivity contribution in [3.63, 3.8) is 0 Å². The van der Waals surface area contributed by atoms with Gasteiger partial charge in [-0.1, -0.05) is 22.0 Å². The van der Waals surface area contributed by atoms with Crippen molar-refractivity contribution in [2.24, 2.45) is 5.92 Å². The maximum atomic E-state index is 12.6. The quantitative estimate of drug-likeness (QED) is 0.784. The zero-order valence-electron chi connectivity index (χ0n) is 15.5. The largest absolute Gasteiger partial charge is 0.341 e. The number of carbonyl (C=O) groups excluding carboxylic acids is 2. The number of benzene rings is 1. The van der Waals surface area contributed by atoms with E-state index in [2.05, 4.69) is 36.1 Å². The van der Waals surface area contributed by atoms with Crippen LogP contribution in [0.25, 0.3) is 0 Å². The first-order chi connectivity index (χ1) is 13.6. The summed E-state index contributed by atoms with van der Waals surface area (Å²) in [7, 11) is 0. The number of rotatable bonds is 4. The molecule has 1 aromatic carbocycles. The summed E-state index contributed by atoms with van der Waals surface area (Å²) >= 11 is 3.42. The van der Waals surface area contributed by atoms with Gasteiger partial charge in [-0.15, -0.1) is 0 Å². The molecular formula is C20H22BrN5O2. The Hall–Kier alpha value is -2.48. The number of amides is 2. The maximum Gasteiger partial charge on any atom is 0.229 e. The SMILES string of the molecule is O=C(Nc1cnc(N2CCCCC2)nc1)C1CC(=O)N(c2cccc(Br)c2)C1. The van der Waals surface area contributed by atoms with Crippen molar-refractivity contribution in [2.45, 2.75) is 25.7 Å². The molecule has 0 radical (unpaired) electrons. The smallest absolute Gasteiger partial charge is 0.229 e. The van der Waals surface area contributed by atoms with Gasteiger partial charge in [0.1, 0.15) is 0 Å². The minimum atomic E-state index is -0.395. The number of nitrogens with zero attached hydrogens (tertiary/aromatic N) is 4. The van der Waals surface area contributed by atoms with Crippen molar-refractivity contribution in [3.8, 4) is 0 Å². The average Bonchev–Trinajstić information content (AvgIpc) is 3.11. The van der Waals surface area contributed by atoms with E-state index in [-0.39, 0.29) is 18.2 Å². The Kier molecular flexibility index (Phi) is 5.57. The fraction of sp³-hybridized carbons (Fsp3) is 0.400. The second kappa shape index (κ2) is 8.26. The van der Waals surface area contributed by atoms with Gasteiger partial charge in [-0.3, -0.25) is 9.59 Å². The van der Waals surface area contributed by atoms with Crippen LogP contribution in [0.15, 0.2) is 41.1 Å². The van der Waals surface area contributed by atoms with E-state index in [1.165, 1.54) is 6.42 Å². The predicted molar refractivity (Wildman–Crippen MR) is 111 cm³/mol. The summed E-state index contributed by atoms with van der Waals surface area (Å²) in [6.45, 7) is 2.32. The van der Waals surface area contributed by atoms with Gasteiger partial charge < -0.3 is 15.1 Å². The summed E-state index contributed by atoms with van der Waals surface area (Å²) in [6.07, 6.45) is 7.04. The topological polar surface area (TPSA) is 78.4 Å². The zero-order valence-corrected chi connectivity index (χ0v) is 17.1. The molecule has 8 heteroatoms. The maximum absolute atomic E-state index is 12.6. The van der Waals surface area contributed by atoms with Crippen LogP contribution in [0.2, 0.25) is 0 Å². The van der Waals surface area contributed by atoms with Gasteiger partial charge in [0.15, 0.2) is 0 Å². The van der Waals surface area contributed by atoms with Gasteiger partial charge in [-0.25, -0.2) is 9.97 Å². The lowest BCUT2D eigenvalue weighted by atomic mass is 10.1. The molecule has 2 aliphatic rings. The molecule has 0 spiro atoms. The van der Waals surface area contributed by atoms with Crippen molar-refractivity contribution in [1.29, 1.82) is 0 Å². The zero-order chi connectivity index (χ0) is 19.5. The van der Waals surface area contributed by atoms with Crippen LogP contribution in [0.3, 0.4) is 0 Å². The molecule has 1 unspecified atom stereocenters. The summed E-state index contributed by atoms with van der Waals surface area (Å²) in [5, 5.41) is 2.85. The van der Waals surface area contributed by atoms with E-state index in [9.17, 15) is 9.59 Å². The second-order valence-electron chi connectivity index (χ2n) is 7.19. The highest BCUT2D eigenvalue weighted by molar-refractivity contribution is 9.10. The van der Waals surface area contributed by atoms with Crippen molar-refractivity contribution >= 4 is 45.1 Å². The molecule has 1 atom stereocenters. The second-order valence-corrected chi connectivity index (χ2v) is 8.11. The van der Waals surface area contributed by atoms with Gasteiger partial charge in [-0.2, -0.15) is 0 Å². The van der Waals surface area contributed by atoms with Crippen LogP contribution >= 0.6 is 15.9 Å². The summed E-state index contributed by atoms with van der Waals surface area (Å²) < 4.78 is 0.900. The molecule has 28 heavy (non-hydrogen) atoms. The van der Waals surface area contributed by atoms with Gasteiger partial charge in [0, 0.05) is 36.2 Å². The van der Waals surface area contributed by atoms with Crippen LogP contribution < -0.4 is 15.1 Å². The Morgan fingerprint density at radius 2 is 1.89 bits per heavy atom. The van der Waals surface area contributed by atoms with E-state index in [0.717, 1.165) is 36.1 Å². The van der Waals surface area contributed by atoms with E-state index < -0.39 is 5.92 Å². The van der Waals surface area contributed by atoms with E-state index in [1.54, 1.807) is 17.3 Å². The highest BCUT2D eigenvalue weighted by atomic mass is 79.9. The number of aromatic nitrogens is 2. The molecule has 0 aliphatic carbocycles. The molecule has 2 aromatic rings. The monoisotopic (exact) mass is 443 g/mol. The fourth-order valence-electron chi connectivity index (χ4n) is 3.66. The Balaban J connectivity index is 1.38. The van der Waals surface area contributed by atoms with Crippen molar-refractivity contribution in [3.05, 3.63) is 41.1 Å². The van der Waals surface area contributed by atoms with Gasteiger partial charge in [0.05, 0.1) is 24.0 Å². The molecule has 7 nitrogen and oxygen atoms in total. The Morgan fingerprint density at radius 3 is 2.61 bits per heavy atom.